The zero-order valence-electron chi connectivity index (χ0n) is 13.0. The van der Waals surface area contributed by atoms with Gasteiger partial charge in [0.2, 0.25) is 0 Å². The Hall–Kier alpha value is -1.34. The molecule has 1 aliphatic carbocycles. The molecule has 1 saturated carbocycles. The summed E-state index contributed by atoms with van der Waals surface area (Å²) in [5.74, 6) is 0.238. The molecule has 1 saturated heterocycles. The summed E-state index contributed by atoms with van der Waals surface area (Å²) in [6.07, 6.45) is -2.50. The summed E-state index contributed by atoms with van der Waals surface area (Å²) >= 11 is 0. The molecule has 0 aromatic carbocycles. The Balaban J connectivity index is 1.66. The van der Waals surface area contributed by atoms with Gasteiger partial charge in [0.05, 0.1) is 6.42 Å². The van der Waals surface area contributed by atoms with Gasteiger partial charge in [0.15, 0.2) is 0 Å². The van der Waals surface area contributed by atoms with E-state index in [1.807, 2.05) is 0 Å². The predicted molar refractivity (Wildman–Crippen MR) is 81.6 cm³/mol. The maximum absolute atomic E-state index is 12.4. The van der Waals surface area contributed by atoms with E-state index in [0.717, 1.165) is 51.1 Å². The highest BCUT2D eigenvalue weighted by molar-refractivity contribution is 5.19. The average molecular weight is 329 g/mol. The van der Waals surface area contributed by atoms with Gasteiger partial charge < -0.3 is 10.3 Å². The molecular weight excluding hydrogens is 307 g/mol. The van der Waals surface area contributed by atoms with Crippen LogP contribution in [0.15, 0.2) is 16.9 Å². The quantitative estimate of drug-likeness (QED) is 0.892. The summed E-state index contributed by atoms with van der Waals surface area (Å²) in [5.41, 5.74) is -0.0399. The average Bonchev–Trinajstić information content (AvgIpc) is 2.99. The van der Waals surface area contributed by atoms with Gasteiger partial charge in [-0.05, 0) is 25.3 Å². The van der Waals surface area contributed by atoms with Gasteiger partial charge in [-0.25, -0.2) is 0 Å². The molecule has 7 heteroatoms. The fraction of sp³-hybridized carbons (Fsp3) is 0.688. The Bertz CT molecular complexity index is 593. The van der Waals surface area contributed by atoms with Crippen LogP contribution < -0.4 is 10.9 Å². The van der Waals surface area contributed by atoms with E-state index in [0.29, 0.717) is 6.04 Å². The summed E-state index contributed by atoms with van der Waals surface area (Å²) in [4.78, 5) is 17.0. The Labute approximate surface area is 133 Å². The van der Waals surface area contributed by atoms with Crippen LogP contribution >= 0.6 is 0 Å². The molecule has 2 fully saturated rings. The van der Waals surface area contributed by atoms with E-state index in [1.54, 1.807) is 6.07 Å². The molecule has 0 spiro atoms. The molecule has 23 heavy (non-hydrogen) atoms. The molecule has 2 aliphatic rings. The van der Waals surface area contributed by atoms with Crippen LogP contribution in [0.3, 0.4) is 0 Å². The van der Waals surface area contributed by atoms with E-state index in [9.17, 15) is 18.0 Å². The van der Waals surface area contributed by atoms with Crippen molar-refractivity contribution in [2.45, 2.75) is 43.8 Å². The Kier molecular flexibility index (Phi) is 4.77. The van der Waals surface area contributed by atoms with Gasteiger partial charge >= 0.3 is 6.18 Å². The van der Waals surface area contributed by atoms with Crippen molar-refractivity contribution < 1.29 is 13.2 Å². The van der Waals surface area contributed by atoms with Crippen LogP contribution in [0.1, 0.15) is 36.4 Å². The van der Waals surface area contributed by atoms with E-state index in [1.165, 1.54) is 6.07 Å². The van der Waals surface area contributed by atoms with Crippen LogP contribution in [0.4, 0.5) is 13.2 Å². The van der Waals surface area contributed by atoms with Crippen molar-refractivity contribution in [2.24, 2.45) is 0 Å². The van der Waals surface area contributed by atoms with Crippen molar-refractivity contribution in [1.29, 1.82) is 0 Å². The van der Waals surface area contributed by atoms with Gasteiger partial charge in [-0.1, -0.05) is 6.07 Å². The van der Waals surface area contributed by atoms with Crippen molar-refractivity contribution >= 4 is 0 Å². The smallest absolute Gasteiger partial charge is 0.326 e. The number of nitrogens with one attached hydrogen (secondary N) is 2. The first kappa shape index (κ1) is 16.5. The highest BCUT2D eigenvalue weighted by Gasteiger charge is 2.32. The number of hydrogen-bond acceptors (Lipinski definition) is 3. The molecule has 0 unspecified atom stereocenters. The Morgan fingerprint density at radius 2 is 1.91 bits per heavy atom. The minimum atomic E-state index is -4.35. The van der Waals surface area contributed by atoms with Crippen molar-refractivity contribution in [3.63, 3.8) is 0 Å². The third-order valence-corrected chi connectivity index (χ3v) is 4.92. The molecule has 2 N–H and O–H groups in total. The lowest BCUT2D eigenvalue weighted by atomic mass is 10.0. The molecule has 128 valence electrons. The highest BCUT2D eigenvalue weighted by Crippen LogP contribution is 2.36. The summed E-state index contributed by atoms with van der Waals surface area (Å²) < 4.78 is 37.2. The molecular formula is C16H22F3N3O. The first-order valence-corrected chi connectivity index (χ1v) is 8.16. The maximum Gasteiger partial charge on any atom is 0.393 e. The number of pyridine rings is 1. The van der Waals surface area contributed by atoms with Crippen LogP contribution in [0.5, 0.6) is 0 Å². The van der Waals surface area contributed by atoms with Gasteiger partial charge in [0.25, 0.3) is 5.56 Å². The van der Waals surface area contributed by atoms with E-state index in [-0.39, 0.29) is 11.5 Å². The monoisotopic (exact) mass is 329 g/mol. The number of nitrogens with zero attached hydrogens (tertiary/aromatic N) is 1. The first-order chi connectivity index (χ1) is 10.9. The molecule has 1 aromatic heterocycles. The van der Waals surface area contributed by atoms with Crippen LogP contribution in [0.25, 0.3) is 0 Å². The van der Waals surface area contributed by atoms with Gasteiger partial charge in [0.1, 0.15) is 0 Å². The van der Waals surface area contributed by atoms with E-state index in [2.05, 4.69) is 15.2 Å². The van der Waals surface area contributed by atoms with Crippen molar-refractivity contribution in [3.05, 3.63) is 33.7 Å². The topological polar surface area (TPSA) is 48.1 Å². The summed E-state index contributed by atoms with van der Waals surface area (Å²) in [6.45, 7) is 4.09. The SMILES string of the molecule is O=c1[nH]c([C@@H]2CC[C@H](N3CCNCC3)C2)ccc1CC(F)(F)F. The van der Waals surface area contributed by atoms with E-state index >= 15 is 0 Å². The second-order valence-corrected chi connectivity index (χ2v) is 6.51. The number of rotatable bonds is 3. The predicted octanol–water partition coefficient (Wildman–Crippen LogP) is 2.02. The summed E-state index contributed by atoms with van der Waals surface area (Å²) in [5, 5.41) is 3.33. The molecule has 3 rings (SSSR count). The Morgan fingerprint density at radius 1 is 1.17 bits per heavy atom. The molecule has 1 aromatic rings. The van der Waals surface area contributed by atoms with Gasteiger partial charge in [-0.3, -0.25) is 9.69 Å². The molecule has 2 atom stereocenters. The molecule has 1 aliphatic heterocycles. The van der Waals surface area contributed by atoms with Crippen LogP contribution in [-0.4, -0.2) is 48.3 Å². The largest absolute Gasteiger partial charge is 0.393 e. The molecule has 2 heterocycles. The van der Waals surface area contributed by atoms with Gasteiger partial charge in [0, 0.05) is 49.4 Å². The number of hydrogen-bond donors (Lipinski definition) is 2. The molecule has 0 radical (unpaired) electrons. The minimum Gasteiger partial charge on any atom is -0.326 e. The fourth-order valence-corrected chi connectivity index (χ4v) is 3.73. The van der Waals surface area contributed by atoms with Crippen molar-refractivity contribution in [2.75, 3.05) is 26.2 Å². The minimum absolute atomic E-state index is 0.210. The normalized spacial score (nSPS) is 26.6. The Morgan fingerprint density at radius 3 is 2.57 bits per heavy atom. The second-order valence-electron chi connectivity index (χ2n) is 6.51. The summed E-state index contributed by atoms with van der Waals surface area (Å²) in [6, 6.07) is 3.51. The lowest BCUT2D eigenvalue weighted by molar-refractivity contribution is -0.127. The third kappa shape index (κ3) is 4.14. The number of aromatic amines is 1. The summed E-state index contributed by atoms with van der Waals surface area (Å²) in [7, 11) is 0. The molecule has 4 nitrogen and oxygen atoms in total. The molecule has 0 amide bonds. The number of halogens is 3. The zero-order chi connectivity index (χ0) is 16.4. The lowest BCUT2D eigenvalue weighted by Gasteiger charge is -2.32. The highest BCUT2D eigenvalue weighted by atomic mass is 19.4. The standard InChI is InChI=1S/C16H22F3N3O/c17-16(18,19)10-12-2-4-14(21-15(12)23)11-1-3-13(9-11)22-7-5-20-6-8-22/h2,4,11,13,20H,1,3,5-10H2,(H,21,23)/t11-,13+/m1/s1. The number of aromatic nitrogens is 1. The lowest BCUT2D eigenvalue weighted by Crippen LogP contribution is -2.47. The van der Waals surface area contributed by atoms with Crippen LogP contribution in [-0.2, 0) is 6.42 Å². The van der Waals surface area contributed by atoms with Crippen LogP contribution in [0, 0.1) is 0 Å². The zero-order valence-corrected chi connectivity index (χ0v) is 13.0. The van der Waals surface area contributed by atoms with Crippen LogP contribution in [0.2, 0.25) is 0 Å². The molecule has 0 bridgehead atoms. The van der Waals surface area contributed by atoms with Crippen molar-refractivity contribution in [1.82, 2.24) is 15.2 Å². The maximum atomic E-state index is 12.4. The number of alkyl halides is 3. The second kappa shape index (κ2) is 6.65. The number of H-pyrrole nitrogens is 1. The van der Waals surface area contributed by atoms with Gasteiger partial charge in [-0.15, -0.1) is 0 Å². The third-order valence-electron chi connectivity index (χ3n) is 4.92. The van der Waals surface area contributed by atoms with E-state index < -0.39 is 18.2 Å². The first-order valence-electron chi connectivity index (χ1n) is 8.16. The van der Waals surface area contributed by atoms with Crippen molar-refractivity contribution in [3.8, 4) is 0 Å². The van der Waals surface area contributed by atoms with Gasteiger partial charge in [-0.2, -0.15) is 13.2 Å². The van der Waals surface area contributed by atoms with E-state index in [4.69, 9.17) is 0 Å². The fourth-order valence-electron chi connectivity index (χ4n) is 3.73. The number of piperazine rings is 1.